The molecule has 10 aromatic rings. The second-order valence-electron chi connectivity index (χ2n) is 13.5. The first-order valence-corrected chi connectivity index (χ1v) is 18.4. The fourth-order valence-corrected chi connectivity index (χ4v) is 7.39. The van der Waals surface area contributed by atoms with Crippen molar-refractivity contribution in [3.63, 3.8) is 0 Å². The second-order valence-corrected chi connectivity index (χ2v) is 13.5. The molecule has 55 heavy (non-hydrogen) atoms. The molecular weight excluding hydrogens is 671 g/mol. The molecule has 0 fully saturated rings. The van der Waals surface area contributed by atoms with Crippen LogP contribution in [-0.2, 0) is 0 Å². The van der Waals surface area contributed by atoms with Crippen LogP contribution in [-0.4, -0.2) is 24.6 Å². The van der Waals surface area contributed by atoms with E-state index in [0.717, 1.165) is 77.7 Å². The van der Waals surface area contributed by atoms with Crippen molar-refractivity contribution in [1.82, 2.24) is 24.6 Å². The van der Waals surface area contributed by atoms with Crippen molar-refractivity contribution in [3.8, 4) is 78.9 Å². The number of benzene rings is 7. The Bertz CT molecular complexity index is 2890. The zero-order valence-electron chi connectivity index (χ0n) is 29.8. The Morgan fingerprint density at radius 1 is 0.327 bits per heavy atom. The summed E-state index contributed by atoms with van der Waals surface area (Å²) in [4.78, 5) is 14.9. The lowest BCUT2D eigenvalue weighted by molar-refractivity contribution is 0.979. The summed E-state index contributed by atoms with van der Waals surface area (Å²) in [5.74, 6) is 1.91. The van der Waals surface area contributed by atoms with Gasteiger partial charge in [-0.1, -0.05) is 182 Å². The molecule has 10 rings (SSSR count). The van der Waals surface area contributed by atoms with Crippen molar-refractivity contribution >= 4 is 16.3 Å². The Kier molecular flexibility index (Phi) is 8.08. The summed E-state index contributed by atoms with van der Waals surface area (Å²) in [7, 11) is 0. The summed E-state index contributed by atoms with van der Waals surface area (Å²) in [6.45, 7) is 0. The number of hydrogen-bond donors (Lipinski definition) is 0. The van der Waals surface area contributed by atoms with Gasteiger partial charge in [0.25, 0.3) is 0 Å². The van der Waals surface area contributed by atoms with Gasteiger partial charge in [-0.25, -0.2) is 19.5 Å². The molecule has 0 atom stereocenters. The summed E-state index contributed by atoms with van der Waals surface area (Å²) in [6, 6.07) is 69.3. The molecule has 0 unspecified atom stereocenters. The third-order valence-electron chi connectivity index (χ3n) is 10.0. The van der Waals surface area contributed by atoms with Crippen LogP contribution in [0.5, 0.6) is 0 Å². The summed E-state index contributed by atoms with van der Waals surface area (Å²) in [6.07, 6.45) is 0. The lowest BCUT2D eigenvalue weighted by Crippen LogP contribution is -2.00. The normalized spacial score (nSPS) is 11.3. The molecule has 0 radical (unpaired) electrons. The highest BCUT2D eigenvalue weighted by Crippen LogP contribution is 2.42. The van der Waals surface area contributed by atoms with Crippen LogP contribution in [0.15, 0.2) is 200 Å². The van der Waals surface area contributed by atoms with Gasteiger partial charge in [-0.2, -0.15) is 5.10 Å². The average molecular weight is 704 g/mol. The minimum Gasteiger partial charge on any atom is -0.231 e. The summed E-state index contributed by atoms with van der Waals surface area (Å²) in [5, 5.41) is 7.63. The van der Waals surface area contributed by atoms with Crippen molar-refractivity contribution in [2.45, 2.75) is 0 Å². The van der Waals surface area contributed by atoms with Gasteiger partial charge in [-0.3, -0.25) is 0 Å². The highest BCUT2D eigenvalue weighted by molar-refractivity contribution is 6.09. The summed E-state index contributed by atoms with van der Waals surface area (Å²) >= 11 is 0. The Morgan fingerprint density at radius 3 is 1.36 bits per heavy atom. The van der Waals surface area contributed by atoms with Crippen LogP contribution >= 0.6 is 0 Å². The third-order valence-corrected chi connectivity index (χ3v) is 10.0. The molecule has 0 aliphatic carbocycles. The highest BCUT2D eigenvalue weighted by atomic mass is 15.2. The molecule has 258 valence electrons. The van der Waals surface area contributed by atoms with Gasteiger partial charge in [0.2, 0.25) is 0 Å². The number of hydrogen-bond acceptors (Lipinski definition) is 4. The predicted octanol–water partition coefficient (Wildman–Crippen LogP) is 12.3. The zero-order valence-corrected chi connectivity index (χ0v) is 29.8. The van der Waals surface area contributed by atoms with Crippen LogP contribution in [0, 0.1) is 0 Å². The van der Waals surface area contributed by atoms with E-state index in [-0.39, 0.29) is 0 Å². The number of nitrogens with zero attached hydrogens (tertiary/aromatic N) is 5. The number of aromatic nitrogens is 5. The standard InChI is InChI=1S/C50H33N5/c1-6-17-34(18-7-1)44-33-42-32-40(29-30-43(42)47-45(35-19-8-2-9-20-35)46(54-55(44)47)36-21-10-3-11-22-36)39-27-16-28-41(31-39)50-52-48(37-23-12-4-13-24-37)51-49(53-50)38-25-14-5-15-26-38/h1-33H. The van der Waals surface area contributed by atoms with Crippen molar-refractivity contribution in [2.75, 3.05) is 0 Å². The minimum atomic E-state index is 0.628. The molecule has 5 heteroatoms. The summed E-state index contributed by atoms with van der Waals surface area (Å²) < 4.78 is 2.14. The van der Waals surface area contributed by atoms with Gasteiger partial charge in [0.05, 0.1) is 11.2 Å². The first-order valence-electron chi connectivity index (χ1n) is 18.4. The smallest absolute Gasteiger partial charge is 0.164 e. The number of rotatable bonds is 7. The van der Waals surface area contributed by atoms with E-state index in [4.69, 9.17) is 20.1 Å². The van der Waals surface area contributed by atoms with Gasteiger partial charge in [0, 0.05) is 38.8 Å². The molecule has 7 aromatic carbocycles. The molecule has 3 heterocycles. The maximum Gasteiger partial charge on any atom is 0.164 e. The minimum absolute atomic E-state index is 0.628. The van der Waals surface area contributed by atoms with Crippen LogP contribution in [0.3, 0.4) is 0 Å². The topological polar surface area (TPSA) is 56.0 Å². The monoisotopic (exact) mass is 703 g/mol. The third kappa shape index (κ3) is 6.04. The molecule has 5 nitrogen and oxygen atoms in total. The van der Waals surface area contributed by atoms with Crippen molar-refractivity contribution < 1.29 is 0 Å². The second kappa shape index (κ2) is 13.8. The molecular formula is C50H33N5. The van der Waals surface area contributed by atoms with Crippen LogP contribution < -0.4 is 0 Å². The SMILES string of the molecule is c1ccc(-c2nc(-c3ccccc3)nc(-c3cccc(-c4ccc5c(c4)cc(-c4ccccc4)n4nc(-c6ccccc6)c(-c6ccccc6)c54)c3)n2)cc1. The van der Waals surface area contributed by atoms with Crippen molar-refractivity contribution in [1.29, 1.82) is 0 Å². The van der Waals surface area contributed by atoms with E-state index >= 15 is 0 Å². The van der Waals surface area contributed by atoms with E-state index < -0.39 is 0 Å². The molecule has 0 spiro atoms. The number of pyridine rings is 1. The van der Waals surface area contributed by atoms with E-state index in [2.05, 4.69) is 138 Å². The summed E-state index contributed by atoms with van der Waals surface area (Å²) in [5.41, 5.74) is 12.5. The van der Waals surface area contributed by atoms with Gasteiger partial charge in [0.15, 0.2) is 17.5 Å². The Labute approximate surface area is 318 Å². The maximum atomic E-state index is 5.37. The van der Waals surface area contributed by atoms with E-state index in [1.807, 2.05) is 66.7 Å². The molecule has 0 N–H and O–H groups in total. The lowest BCUT2D eigenvalue weighted by atomic mass is 9.95. The molecule has 0 aliphatic heterocycles. The van der Waals surface area contributed by atoms with Gasteiger partial charge >= 0.3 is 0 Å². The zero-order chi connectivity index (χ0) is 36.6. The molecule has 3 aromatic heterocycles. The van der Waals surface area contributed by atoms with Crippen LogP contribution in [0.25, 0.3) is 95.2 Å². The Balaban J connectivity index is 1.17. The van der Waals surface area contributed by atoms with E-state index in [0.29, 0.717) is 17.5 Å². The largest absolute Gasteiger partial charge is 0.231 e. The van der Waals surface area contributed by atoms with Crippen LogP contribution in [0.1, 0.15) is 0 Å². The molecule has 0 amide bonds. The van der Waals surface area contributed by atoms with Gasteiger partial charge in [0.1, 0.15) is 5.69 Å². The van der Waals surface area contributed by atoms with Crippen molar-refractivity contribution in [2.24, 2.45) is 0 Å². The number of fused-ring (bicyclic) bond motifs is 3. The van der Waals surface area contributed by atoms with Crippen LogP contribution in [0.2, 0.25) is 0 Å². The predicted molar refractivity (Wildman–Crippen MR) is 224 cm³/mol. The molecule has 0 aliphatic rings. The van der Waals surface area contributed by atoms with E-state index in [1.54, 1.807) is 0 Å². The first-order chi connectivity index (χ1) is 27.3. The Hall–Kier alpha value is -7.50. The lowest BCUT2D eigenvalue weighted by Gasteiger charge is -2.13. The van der Waals surface area contributed by atoms with Gasteiger partial charge in [-0.05, 0) is 40.3 Å². The average Bonchev–Trinajstić information content (AvgIpc) is 3.68. The van der Waals surface area contributed by atoms with Crippen molar-refractivity contribution in [3.05, 3.63) is 200 Å². The Morgan fingerprint density at radius 2 is 0.782 bits per heavy atom. The van der Waals surface area contributed by atoms with E-state index in [9.17, 15) is 0 Å². The van der Waals surface area contributed by atoms with Crippen LogP contribution in [0.4, 0.5) is 0 Å². The molecule has 0 bridgehead atoms. The highest BCUT2D eigenvalue weighted by Gasteiger charge is 2.22. The quantitative estimate of drug-likeness (QED) is 0.166. The molecule has 0 saturated heterocycles. The molecule has 0 saturated carbocycles. The van der Waals surface area contributed by atoms with Gasteiger partial charge in [-0.15, -0.1) is 0 Å². The fourth-order valence-electron chi connectivity index (χ4n) is 7.39. The maximum absolute atomic E-state index is 5.37. The fraction of sp³-hybridized carbons (Fsp3) is 0. The van der Waals surface area contributed by atoms with E-state index in [1.165, 1.54) is 0 Å². The first kappa shape index (κ1) is 32.2. The van der Waals surface area contributed by atoms with Gasteiger partial charge < -0.3 is 0 Å².